The quantitative estimate of drug-likeness (QED) is 0.851. The molecule has 0 radical (unpaired) electrons. The highest BCUT2D eigenvalue weighted by Gasteiger charge is 2.05. The van der Waals surface area contributed by atoms with E-state index in [-0.39, 0.29) is 16.4 Å². The zero-order valence-corrected chi connectivity index (χ0v) is 9.96. The number of aryl methyl sites for hydroxylation is 2. The van der Waals surface area contributed by atoms with Crippen molar-refractivity contribution in [2.24, 2.45) is 0 Å². The Morgan fingerprint density at radius 3 is 3.06 bits per heavy atom. The van der Waals surface area contributed by atoms with Gasteiger partial charge in [0, 0.05) is 6.54 Å². The van der Waals surface area contributed by atoms with Gasteiger partial charge in [0.25, 0.3) is 5.56 Å². The molecule has 2 aromatic rings. The third kappa shape index (κ3) is 2.25. The summed E-state index contributed by atoms with van der Waals surface area (Å²) in [6.45, 7) is 0.559. The van der Waals surface area contributed by atoms with E-state index in [9.17, 15) is 4.79 Å². The number of hydrogen-bond acceptors (Lipinski definition) is 4. The molecule has 0 fully saturated rings. The number of nitrogens with zero attached hydrogens (tertiary/aromatic N) is 2. The van der Waals surface area contributed by atoms with Crippen LogP contribution in [0.15, 0.2) is 27.9 Å². The van der Waals surface area contributed by atoms with Gasteiger partial charge in [0.15, 0.2) is 5.15 Å². The van der Waals surface area contributed by atoms with E-state index in [0.717, 1.165) is 6.42 Å². The second-order valence-electron chi connectivity index (χ2n) is 3.33. The van der Waals surface area contributed by atoms with Crippen molar-refractivity contribution >= 4 is 28.6 Å². The lowest BCUT2D eigenvalue weighted by atomic mass is 10.2. The van der Waals surface area contributed by atoms with Gasteiger partial charge in [0.05, 0.1) is 6.33 Å². The highest BCUT2D eigenvalue weighted by atomic mass is 35.5. The number of nitrogen functional groups attached to an aromatic ring is 1. The summed E-state index contributed by atoms with van der Waals surface area (Å²) in [5.41, 5.74) is 6.43. The Kier molecular flexibility index (Phi) is 3.26. The fourth-order valence-corrected chi connectivity index (χ4v) is 2.16. The molecule has 0 saturated heterocycles. The molecule has 0 aliphatic rings. The normalized spacial score (nSPS) is 10.6. The standard InChI is InChI=1S/C10H10ClN3OS/c11-9-8(12)10(15)14(6-13-9)3-1-7-2-4-16-5-7/h2,4-6H,1,3,12H2. The molecule has 2 heterocycles. The molecule has 0 atom stereocenters. The van der Waals surface area contributed by atoms with E-state index in [2.05, 4.69) is 10.4 Å². The Morgan fingerprint density at radius 2 is 2.38 bits per heavy atom. The molecule has 0 spiro atoms. The maximum absolute atomic E-state index is 11.7. The Bertz CT molecular complexity index is 535. The summed E-state index contributed by atoms with van der Waals surface area (Å²) in [7, 11) is 0. The lowest BCUT2D eigenvalue weighted by Gasteiger charge is -2.05. The molecule has 0 aliphatic heterocycles. The first-order valence-electron chi connectivity index (χ1n) is 4.70. The molecule has 0 aliphatic carbocycles. The fraction of sp³-hybridized carbons (Fsp3) is 0.200. The lowest BCUT2D eigenvalue weighted by Crippen LogP contribution is -2.24. The number of aromatic nitrogens is 2. The zero-order valence-electron chi connectivity index (χ0n) is 8.39. The highest BCUT2D eigenvalue weighted by Crippen LogP contribution is 2.10. The molecule has 0 bridgehead atoms. The van der Waals surface area contributed by atoms with Crippen LogP contribution in [-0.2, 0) is 13.0 Å². The Labute approximate surface area is 101 Å². The van der Waals surface area contributed by atoms with Crippen molar-refractivity contribution in [2.45, 2.75) is 13.0 Å². The molecule has 0 amide bonds. The third-order valence-corrected chi connectivity index (χ3v) is 3.28. The van der Waals surface area contributed by atoms with E-state index in [1.807, 2.05) is 11.4 Å². The molecule has 0 unspecified atom stereocenters. The predicted molar refractivity (Wildman–Crippen MR) is 65.9 cm³/mol. The minimum Gasteiger partial charge on any atom is -0.392 e. The van der Waals surface area contributed by atoms with Crippen LogP contribution in [0.3, 0.4) is 0 Å². The van der Waals surface area contributed by atoms with Crippen molar-refractivity contribution in [3.8, 4) is 0 Å². The predicted octanol–water partition coefficient (Wildman–Crippen LogP) is 1.78. The summed E-state index contributed by atoms with van der Waals surface area (Å²) in [5, 5.41) is 4.13. The second-order valence-corrected chi connectivity index (χ2v) is 4.47. The summed E-state index contributed by atoms with van der Waals surface area (Å²) in [5.74, 6) is 0. The van der Waals surface area contributed by atoms with Crippen LogP contribution in [-0.4, -0.2) is 9.55 Å². The van der Waals surface area contributed by atoms with Gasteiger partial charge in [-0.25, -0.2) is 4.98 Å². The lowest BCUT2D eigenvalue weighted by molar-refractivity contribution is 0.658. The summed E-state index contributed by atoms with van der Waals surface area (Å²) < 4.78 is 1.47. The Morgan fingerprint density at radius 1 is 1.56 bits per heavy atom. The van der Waals surface area contributed by atoms with Gasteiger partial charge >= 0.3 is 0 Å². The van der Waals surface area contributed by atoms with E-state index >= 15 is 0 Å². The van der Waals surface area contributed by atoms with Crippen molar-refractivity contribution < 1.29 is 0 Å². The van der Waals surface area contributed by atoms with Crippen LogP contribution in [0.1, 0.15) is 5.56 Å². The van der Waals surface area contributed by atoms with Crippen LogP contribution in [0.5, 0.6) is 0 Å². The van der Waals surface area contributed by atoms with Crippen molar-refractivity contribution in [3.63, 3.8) is 0 Å². The minimum absolute atomic E-state index is 0.00878. The van der Waals surface area contributed by atoms with Gasteiger partial charge in [0.2, 0.25) is 0 Å². The Hall–Kier alpha value is -1.33. The van der Waals surface area contributed by atoms with Crippen LogP contribution in [0, 0.1) is 0 Å². The topological polar surface area (TPSA) is 60.9 Å². The van der Waals surface area contributed by atoms with Gasteiger partial charge in [-0.15, -0.1) is 0 Å². The molecule has 84 valence electrons. The summed E-state index contributed by atoms with van der Waals surface area (Å²) in [6.07, 6.45) is 2.21. The van der Waals surface area contributed by atoms with Gasteiger partial charge in [-0.3, -0.25) is 9.36 Å². The number of nitrogens with two attached hydrogens (primary N) is 1. The SMILES string of the molecule is Nc1c(Cl)ncn(CCc2ccsc2)c1=O. The smallest absolute Gasteiger partial charge is 0.278 e. The summed E-state index contributed by atoms with van der Waals surface area (Å²) >= 11 is 7.27. The van der Waals surface area contributed by atoms with E-state index in [1.54, 1.807) is 11.3 Å². The molecule has 0 aromatic carbocycles. The van der Waals surface area contributed by atoms with Crippen molar-refractivity contribution in [2.75, 3.05) is 5.73 Å². The third-order valence-electron chi connectivity index (χ3n) is 2.25. The molecule has 4 nitrogen and oxygen atoms in total. The number of hydrogen-bond donors (Lipinski definition) is 1. The van der Waals surface area contributed by atoms with E-state index in [1.165, 1.54) is 16.5 Å². The largest absolute Gasteiger partial charge is 0.392 e. The number of rotatable bonds is 3. The van der Waals surface area contributed by atoms with Crippen LogP contribution in [0.2, 0.25) is 5.15 Å². The van der Waals surface area contributed by atoms with Gasteiger partial charge in [-0.2, -0.15) is 11.3 Å². The number of thiophene rings is 1. The number of halogens is 1. The second kappa shape index (κ2) is 4.67. The van der Waals surface area contributed by atoms with Crippen molar-refractivity contribution in [1.82, 2.24) is 9.55 Å². The van der Waals surface area contributed by atoms with Crippen molar-refractivity contribution in [3.05, 3.63) is 44.2 Å². The summed E-state index contributed by atoms with van der Waals surface area (Å²) in [4.78, 5) is 15.5. The van der Waals surface area contributed by atoms with E-state index < -0.39 is 0 Å². The highest BCUT2D eigenvalue weighted by molar-refractivity contribution is 7.07. The van der Waals surface area contributed by atoms with Crippen LogP contribution in [0.25, 0.3) is 0 Å². The first-order chi connectivity index (χ1) is 7.68. The molecule has 2 aromatic heterocycles. The molecule has 16 heavy (non-hydrogen) atoms. The van der Waals surface area contributed by atoms with Crippen LogP contribution >= 0.6 is 22.9 Å². The van der Waals surface area contributed by atoms with Crippen LogP contribution in [0.4, 0.5) is 5.69 Å². The van der Waals surface area contributed by atoms with Gasteiger partial charge in [0.1, 0.15) is 5.69 Å². The summed E-state index contributed by atoms with van der Waals surface area (Å²) in [6, 6.07) is 2.03. The van der Waals surface area contributed by atoms with Crippen LogP contribution < -0.4 is 11.3 Å². The van der Waals surface area contributed by atoms with E-state index in [0.29, 0.717) is 6.54 Å². The maximum atomic E-state index is 11.7. The fourth-order valence-electron chi connectivity index (χ4n) is 1.33. The number of anilines is 1. The minimum atomic E-state index is -0.282. The van der Waals surface area contributed by atoms with Crippen molar-refractivity contribution in [1.29, 1.82) is 0 Å². The average Bonchev–Trinajstić information content (AvgIpc) is 2.78. The molecule has 0 saturated carbocycles. The Balaban J connectivity index is 2.17. The van der Waals surface area contributed by atoms with Gasteiger partial charge < -0.3 is 5.73 Å². The van der Waals surface area contributed by atoms with Gasteiger partial charge in [-0.05, 0) is 28.8 Å². The molecule has 6 heteroatoms. The first-order valence-corrected chi connectivity index (χ1v) is 6.02. The zero-order chi connectivity index (χ0) is 11.5. The first kappa shape index (κ1) is 11.2. The molecule has 2 N–H and O–H groups in total. The van der Waals surface area contributed by atoms with E-state index in [4.69, 9.17) is 17.3 Å². The average molecular weight is 256 g/mol. The molecule has 2 rings (SSSR count). The monoisotopic (exact) mass is 255 g/mol. The molecular weight excluding hydrogens is 246 g/mol. The molecular formula is C10H10ClN3OS. The van der Waals surface area contributed by atoms with Gasteiger partial charge in [-0.1, -0.05) is 11.6 Å². The maximum Gasteiger partial charge on any atom is 0.278 e.